The predicted molar refractivity (Wildman–Crippen MR) is 139 cm³/mol. The molecule has 10 heteroatoms. The van der Waals surface area contributed by atoms with E-state index in [-0.39, 0.29) is 36.0 Å². The number of hydrogen-bond acceptors (Lipinski definition) is 7. The summed E-state index contributed by atoms with van der Waals surface area (Å²) in [5.41, 5.74) is 7.23. The Bertz CT molecular complexity index is 1130. The van der Waals surface area contributed by atoms with Gasteiger partial charge in [-0.05, 0) is 60.6 Å². The normalized spacial score (nSPS) is 17.9. The quantitative estimate of drug-likeness (QED) is 0.232. The summed E-state index contributed by atoms with van der Waals surface area (Å²) in [6.45, 7) is 4.15. The second-order valence-electron chi connectivity index (χ2n) is 10.0. The number of Topliss-reactive ketones (excluding diaryl/α,β-unsaturated/α-hetero) is 1. The minimum absolute atomic E-state index is 0.0764. The molecule has 3 amide bonds. The molecule has 0 bridgehead atoms. The first-order valence-corrected chi connectivity index (χ1v) is 12.6. The van der Waals surface area contributed by atoms with Crippen LogP contribution in [0.4, 0.5) is 0 Å². The molecular weight excluding hydrogens is 490 g/mol. The molecule has 1 fully saturated rings. The molecule has 0 spiro atoms. The fraction of sp³-hybridized carbons (Fsp3) is 0.429. The lowest BCUT2D eigenvalue weighted by Crippen LogP contribution is -2.46. The van der Waals surface area contributed by atoms with E-state index in [1.807, 2.05) is 13.8 Å². The number of benzene rings is 2. The molecule has 0 saturated carbocycles. The average molecular weight is 526 g/mol. The van der Waals surface area contributed by atoms with Gasteiger partial charge in [-0.15, -0.1) is 0 Å². The Balaban J connectivity index is 1.52. The van der Waals surface area contributed by atoms with Crippen LogP contribution < -0.4 is 16.4 Å². The van der Waals surface area contributed by atoms with Crippen molar-refractivity contribution >= 4 is 23.5 Å². The van der Waals surface area contributed by atoms with Gasteiger partial charge in [0, 0.05) is 18.9 Å². The van der Waals surface area contributed by atoms with E-state index in [1.165, 1.54) is 12.1 Å². The molecular formula is C28H35N3O7. The molecule has 10 nitrogen and oxygen atoms in total. The Morgan fingerprint density at radius 3 is 2.00 bits per heavy atom. The third-order valence-corrected chi connectivity index (χ3v) is 6.34. The number of ether oxygens (including phenoxy) is 1. The van der Waals surface area contributed by atoms with Crippen LogP contribution in [0.2, 0.25) is 0 Å². The van der Waals surface area contributed by atoms with Crippen LogP contribution in [0.15, 0.2) is 48.5 Å². The summed E-state index contributed by atoms with van der Waals surface area (Å²) < 4.78 is 5.29. The van der Waals surface area contributed by atoms with Gasteiger partial charge in [0.25, 0.3) is 11.8 Å². The topological polar surface area (TPSA) is 171 Å². The van der Waals surface area contributed by atoms with E-state index in [1.54, 1.807) is 36.4 Å². The van der Waals surface area contributed by atoms with Crippen LogP contribution in [0.5, 0.6) is 11.5 Å². The van der Waals surface area contributed by atoms with E-state index in [0.29, 0.717) is 19.4 Å². The first-order valence-electron chi connectivity index (χ1n) is 12.6. The number of amides is 3. The van der Waals surface area contributed by atoms with Gasteiger partial charge in [-0.25, -0.2) is 0 Å². The van der Waals surface area contributed by atoms with Crippen LogP contribution in [0, 0.1) is 11.8 Å². The van der Waals surface area contributed by atoms with Gasteiger partial charge < -0.3 is 31.3 Å². The minimum atomic E-state index is -0.991. The summed E-state index contributed by atoms with van der Waals surface area (Å²) >= 11 is 0. The molecule has 0 aliphatic carbocycles. The largest absolute Gasteiger partial charge is 0.508 e. The number of primary amides is 1. The summed E-state index contributed by atoms with van der Waals surface area (Å²) in [7, 11) is 0. The number of ketones is 1. The van der Waals surface area contributed by atoms with Crippen molar-refractivity contribution in [3.8, 4) is 11.5 Å². The second kappa shape index (κ2) is 13.0. The van der Waals surface area contributed by atoms with E-state index < -0.39 is 41.9 Å². The molecule has 2 aromatic rings. The molecule has 1 aliphatic rings. The minimum Gasteiger partial charge on any atom is -0.508 e. The van der Waals surface area contributed by atoms with Gasteiger partial charge in [-0.2, -0.15) is 0 Å². The molecule has 0 aromatic heterocycles. The monoisotopic (exact) mass is 525 g/mol. The zero-order valence-corrected chi connectivity index (χ0v) is 21.6. The van der Waals surface area contributed by atoms with E-state index in [4.69, 9.17) is 10.5 Å². The summed E-state index contributed by atoms with van der Waals surface area (Å²) in [6, 6.07) is 12.1. The number of phenolic OH excluding ortho intramolecular Hbond substituents is 2. The van der Waals surface area contributed by atoms with Gasteiger partial charge in [0.2, 0.25) is 5.91 Å². The number of carbonyl (C=O) groups is 4. The highest BCUT2D eigenvalue weighted by atomic mass is 16.6. The van der Waals surface area contributed by atoms with Crippen molar-refractivity contribution in [2.24, 2.45) is 17.6 Å². The maximum atomic E-state index is 13.1. The molecule has 1 aliphatic heterocycles. The Labute approximate surface area is 221 Å². The van der Waals surface area contributed by atoms with Crippen molar-refractivity contribution in [3.63, 3.8) is 0 Å². The van der Waals surface area contributed by atoms with Crippen LogP contribution in [-0.4, -0.2) is 58.5 Å². The lowest BCUT2D eigenvalue weighted by atomic mass is 9.89. The summed E-state index contributed by atoms with van der Waals surface area (Å²) in [5.74, 6) is -2.38. The Kier molecular flexibility index (Phi) is 9.84. The van der Waals surface area contributed by atoms with Crippen molar-refractivity contribution in [1.29, 1.82) is 0 Å². The summed E-state index contributed by atoms with van der Waals surface area (Å²) in [5, 5.41) is 24.2. The Morgan fingerprint density at radius 1 is 0.895 bits per heavy atom. The fourth-order valence-corrected chi connectivity index (χ4v) is 4.18. The van der Waals surface area contributed by atoms with Crippen LogP contribution in [0.1, 0.15) is 37.8 Å². The molecule has 38 heavy (non-hydrogen) atoms. The van der Waals surface area contributed by atoms with Crippen molar-refractivity contribution in [3.05, 3.63) is 59.7 Å². The van der Waals surface area contributed by atoms with Crippen LogP contribution >= 0.6 is 0 Å². The standard InChI is InChI=1S/C28H35N3O7/c1-16(2)13-22(23(34)15-19(26(29)35)14-18-5-9-21(33)10-6-18)31-28(37)25-24(38-25)27(36)30-12-11-17-3-7-20(32)8-4-17/h3-10,16,19,22,24-25,32-33H,11-15H2,1-2H3,(H2,29,35)(H,30,36)(H,31,37)/t19-,22+,24?,25?/m1/s1. The molecule has 2 unspecified atom stereocenters. The van der Waals surface area contributed by atoms with E-state index in [0.717, 1.165) is 11.1 Å². The first-order chi connectivity index (χ1) is 18.0. The lowest BCUT2D eigenvalue weighted by Gasteiger charge is -2.21. The van der Waals surface area contributed by atoms with Crippen molar-refractivity contribution in [1.82, 2.24) is 10.6 Å². The van der Waals surface area contributed by atoms with E-state index in [9.17, 15) is 29.4 Å². The molecule has 2 aromatic carbocycles. The highest BCUT2D eigenvalue weighted by Crippen LogP contribution is 2.24. The van der Waals surface area contributed by atoms with Crippen molar-refractivity contribution < 1.29 is 34.1 Å². The second-order valence-corrected chi connectivity index (χ2v) is 10.0. The average Bonchev–Trinajstić information content (AvgIpc) is 3.66. The van der Waals surface area contributed by atoms with Crippen LogP contribution in [0.25, 0.3) is 0 Å². The summed E-state index contributed by atoms with van der Waals surface area (Å²) in [4.78, 5) is 50.4. The number of aromatic hydroxyl groups is 2. The predicted octanol–water partition coefficient (Wildman–Crippen LogP) is 1.36. The zero-order chi connectivity index (χ0) is 27.8. The first kappa shape index (κ1) is 28.6. The maximum Gasteiger partial charge on any atom is 0.253 e. The lowest BCUT2D eigenvalue weighted by molar-refractivity contribution is -0.131. The molecule has 0 radical (unpaired) electrons. The SMILES string of the molecule is CC(C)C[C@H](NC(=O)C1OC1C(=O)NCCc1ccc(O)cc1)C(=O)C[C@@H](Cc1ccc(O)cc1)C(N)=O. The highest BCUT2D eigenvalue weighted by molar-refractivity contribution is 5.98. The zero-order valence-electron chi connectivity index (χ0n) is 21.6. The van der Waals surface area contributed by atoms with Crippen molar-refractivity contribution in [2.75, 3.05) is 6.54 Å². The number of phenols is 2. The molecule has 4 atom stereocenters. The maximum absolute atomic E-state index is 13.1. The molecule has 3 rings (SSSR count). The Hall–Kier alpha value is -3.92. The van der Waals surface area contributed by atoms with E-state index in [2.05, 4.69) is 10.6 Å². The number of carbonyl (C=O) groups excluding carboxylic acids is 4. The van der Waals surface area contributed by atoms with Gasteiger partial charge >= 0.3 is 0 Å². The van der Waals surface area contributed by atoms with Crippen LogP contribution in [0.3, 0.4) is 0 Å². The highest BCUT2D eigenvalue weighted by Gasteiger charge is 2.50. The van der Waals surface area contributed by atoms with Crippen LogP contribution in [-0.2, 0) is 36.8 Å². The number of nitrogens with one attached hydrogen (secondary N) is 2. The van der Waals surface area contributed by atoms with Gasteiger partial charge in [0.1, 0.15) is 11.5 Å². The third kappa shape index (κ3) is 8.58. The molecule has 204 valence electrons. The van der Waals surface area contributed by atoms with Gasteiger partial charge in [0.05, 0.1) is 6.04 Å². The molecule has 1 saturated heterocycles. The van der Waals surface area contributed by atoms with Crippen molar-refractivity contribution in [2.45, 2.75) is 57.8 Å². The fourth-order valence-electron chi connectivity index (χ4n) is 4.18. The Morgan fingerprint density at radius 2 is 1.45 bits per heavy atom. The van der Waals surface area contributed by atoms with E-state index >= 15 is 0 Å². The molecule has 6 N–H and O–H groups in total. The van der Waals surface area contributed by atoms with Gasteiger partial charge in [-0.1, -0.05) is 38.1 Å². The number of rotatable bonds is 14. The molecule has 1 heterocycles. The van der Waals surface area contributed by atoms with Gasteiger partial charge in [-0.3, -0.25) is 19.2 Å². The number of nitrogens with two attached hydrogens (primary N) is 1. The summed E-state index contributed by atoms with van der Waals surface area (Å²) in [6.07, 6.45) is -0.952. The number of epoxide rings is 1. The number of hydrogen-bond donors (Lipinski definition) is 5. The third-order valence-electron chi connectivity index (χ3n) is 6.34. The van der Waals surface area contributed by atoms with Gasteiger partial charge in [0.15, 0.2) is 18.0 Å². The smallest absolute Gasteiger partial charge is 0.253 e.